The lowest BCUT2D eigenvalue weighted by molar-refractivity contribution is -0.141. The van der Waals surface area contributed by atoms with Crippen LogP contribution in [-0.2, 0) is 4.79 Å². The number of phenols is 1. The molecule has 0 saturated heterocycles. The number of fused-ring (bicyclic) bond motifs is 1. The van der Waals surface area contributed by atoms with Crippen LogP contribution < -0.4 is 4.74 Å². The van der Waals surface area contributed by atoms with Gasteiger partial charge in [-0.25, -0.2) is 5.01 Å². The first kappa shape index (κ1) is 18.3. The van der Waals surface area contributed by atoms with Crippen molar-refractivity contribution < 1.29 is 14.6 Å². The van der Waals surface area contributed by atoms with Gasteiger partial charge in [-0.1, -0.05) is 38.5 Å². The monoisotopic (exact) mass is 370 g/mol. The maximum atomic E-state index is 13.3. The molecule has 5 heteroatoms. The summed E-state index contributed by atoms with van der Waals surface area (Å²) in [6, 6.07) is 5.72. The van der Waals surface area contributed by atoms with Crippen LogP contribution in [0, 0.1) is 11.8 Å². The van der Waals surface area contributed by atoms with Gasteiger partial charge in [0, 0.05) is 17.4 Å². The molecule has 0 bridgehead atoms. The zero-order valence-corrected chi connectivity index (χ0v) is 16.2. The van der Waals surface area contributed by atoms with Crippen molar-refractivity contribution >= 4 is 11.6 Å². The number of hydrogen-bond acceptors (Lipinski definition) is 4. The Bertz CT molecular complexity index is 722. The van der Waals surface area contributed by atoms with Gasteiger partial charge in [0.15, 0.2) is 11.5 Å². The highest BCUT2D eigenvalue weighted by Crippen LogP contribution is 2.40. The fourth-order valence-corrected chi connectivity index (χ4v) is 5.05. The fraction of sp³-hybridized carbons (Fsp3) is 0.636. The first-order valence-electron chi connectivity index (χ1n) is 10.5. The van der Waals surface area contributed by atoms with Crippen molar-refractivity contribution in [2.24, 2.45) is 16.9 Å². The molecule has 1 aromatic rings. The van der Waals surface area contributed by atoms with Crippen molar-refractivity contribution in [2.45, 2.75) is 70.3 Å². The topological polar surface area (TPSA) is 62.1 Å². The molecule has 1 aromatic carbocycles. The van der Waals surface area contributed by atoms with E-state index in [9.17, 15) is 9.90 Å². The minimum Gasteiger partial charge on any atom is -0.504 e. The van der Waals surface area contributed by atoms with Gasteiger partial charge in [0.05, 0.1) is 18.9 Å². The van der Waals surface area contributed by atoms with Gasteiger partial charge >= 0.3 is 0 Å². The molecule has 27 heavy (non-hydrogen) atoms. The number of ether oxygens (including phenoxy) is 1. The highest BCUT2D eigenvalue weighted by Gasteiger charge is 2.43. The third-order valence-electron chi connectivity index (χ3n) is 6.52. The Morgan fingerprint density at radius 1 is 1.00 bits per heavy atom. The minimum atomic E-state index is 0.0405. The van der Waals surface area contributed by atoms with Gasteiger partial charge in [-0.15, -0.1) is 0 Å². The van der Waals surface area contributed by atoms with E-state index in [1.807, 2.05) is 11.1 Å². The largest absolute Gasteiger partial charge is 0.504 e. The number of benzene rings is 1. The molecule has 0 unspecified atom stereocenters. The van der Waals surface area contributed by atoms with E-state index in [-0.39, 0.29) is 29.5 Å². The van der Waals surface area contributed by atoms with Crippen LogP contribution in [0.3, 0.4) is 0 Å². The van der Waals surface area contributed by atoms with Crippen molar-refractivity contribution in [3.63, 3.8) is 0 Å². The molecule has 2 saturated carbocycles. The number of phenolic OH excluding ortho intramolecular Hbond substituents is 1. The van der Waals surface area contributed by atoms with Crippen LogP contribution in [0.1, 0.15) is 69.8 Å². The second-order valence-corrected chi connectivity index (χ2v) is 8.20. The van der Waals surface area contributed by atoms with E-state index in [1.54, 1.807) is 19.2 Å². The molecule has 0 radical (unpaired) electrons. The summed E-state index contributed by atoms with van der Waals surface area (Å²) in [5.74, 6) is 1.03. The van der Waals surface area contributed by atoms with Crippen molar-refractivity contribution in [1.82, 2.24) is 5.01 Å². The van der Waals surface area contributed by atoms with Crippen LogP contribution in [0.15, 0.2) is 23.3 Å². The van der Waals surface area contributed by atoms with Crippen LogP contribution in [0.25, 0.3) is 0 Å². The molecule has 2 atom stereocenters. The third-order valence-corrected chi connectivity index (χ3v) is 6.52. The number of carbonyl (C=O) groups is 1. The highest BCUT2D eigenvalue weighted by molar-refractivity contribution is 6.07. The molecule has 1 heterocycles. The Morgan fingerprint density at radius 3 is 2.33 bits per heavy atom. The number of nitrogens with zero attached hydrogens (tertiary/aromatic N) is 2. The average Bonchev–Trinajstić information content (AvgIpc) is 2.98. The Morgan fingerprint density at radius 2 is 1.67 bits per heavy atom. The van der Waals surface area contributed by atoms with E-state index < -0.39 is 0 Å². The van der Waals surface area contributed by atoms with Gasteiger partial charge in [0.1, 0.15) is 0 Å². The Balaban J connectivity index is 1.72. The quantitative estimate of drug-likeness (QED) is 0.798. The first-order chi connectivity index (χ1) is 13.2. The Kier molecular flexibility index (Phi) is 5.37. The maximum Gasteiger partial charge on any atom is 0.246 e. The number of aromatic hydroxyl groups is 1. The van der Waals surface area contributed by atoms with Crippen LogP contribution >= 0.6 is 0 Å². The molecular weight excluding hydrogens is 340 g/mol. The summed E-state index contributed by atoms with van der Waals surface area (Å²) in [6.07, 6.45) is 11.2. The Labute approximate surface area is 161 Å². The lowest BCUT2D eigenvalue weighted by Gasteiger charge is -2.41. The number of methoxy groups -OCH3 is 1. The molecule has 1 N–H and O–H groups in total. The van der Waals surface area contributed by atoms with Gasteiger partial charge in [-0.3, -0.25) is 4.79 Å². The van der Waals surface area contributed by atoms with E-state index >= 15 is 0 Å². The van der Waals surface area contributed by atoms with E-state index in [1.165, 1.54) is 25.7 Å². The Hall–Kier alpha value is -2.04. The number of rotatable bonds is 3. The van der Waals surface area contributed by atoms with Crippen molar-refractivity contribution in [1.29, 1.82) is 0 Å². The van der Waals surface area contributed by atoms with Crippen LogP contribution in [0.5, 0.6) is 11.5 Å². The summed E-state index contributed by atoms with van der Waals surface area (Å²) in [4.78, 5) is 13.3. The summed E-state index contributed by atoms with van der Waals surface area (Å²) < 4.78 is 5.19. The van der Waals surface area contributed by atoms with Gasteiger partial charge < -0.3 is 9.84 Å². The zero-order valence-electron chi connectivity index (χ0n) is 16.2. The smallest absolute Gasteiger partial charge is 0.246 e. The van der Waals surface area contributed by atoms with Crippen LogP contribution in [0.2, 0.25) is 0 Å². The number of amides is 1. The van der Waals surface area contributed by atoms with Crippen molar-refractivity contribution in [3.8, 4) is 11.5 Å². The number of carbonyl (C=O) groups excluding carboxylic acids is 1. The second-order valence-electron chi connectivity index (χ2n) is 8.20. The van der Waals surface area contributed by atoms with Gasteiger partial charge in [-0.05, 0) is 43.9 Å². The molecule has 1 amide bonds. The first-order valence-corrected chi connectivity index (χ1v) is 10.5. The molecule has 0 spiro atoms. The standard InChI is InChI=1S/C22H30N2O3/c1-27-20-13-12-15(14-19(20)25)21-17-10-6-7-11-18(17)22(26)24(23-21)16-8-4-2-3-5-9-16/h12-14,16-18,25H,2-11H2,1H3/t17-,18+/m0/s1. The van der Waals surface area contributed by atoms with E-state index in [0.29, 0.717) is 5.75 Å². The molecule has 2 aliphatic carbocycles. The SMILES string of the molecule is COc1ccc(C2=NN(C3CCCCCC3)C(=O)[C@@H]3CCCC[C@H]23)cc1O. The van der Waals surface area contributed by atoms with E-state index in [4.69, 9.17) is 9.84 Å². The normalized spacial score (nSPS) is 26.9. The summed E-state index contributed by atoms with van der Waals surface area (Å²) in [5.41, 5.74) is 1.89. The van der Waals surface area contributed by atoms with E-state index in [2.05, 4.69) is 0 Å². The van der Waals surface area contributed by atoms with Crippen LogP contribution in [-0.4, -0.2) is 34.9 Å². The highest BCUT2D eigenvalue weighted by atomic mass is 16.5. The van der Waals surface area contributed by atoms with Gasteiger partial charge in [0.25, 0.3) is 0 Å². The molecule has 4 rings (SSSR count). The zero-order chi connectivity index (χ0) is 18.8. The second kappa shape index (κ2) is 7.91. The third kappa shape index (κ3) is 3.56. The maximum absolute atomic E-state index is 13.3. The predicted molar refractivity (Wildman–Crippen MR) is 105 cm³/mol. The number of hydrazone groups is 1. The molecule has 0 aromatic heterocycles. The molecule has 5 nitrogen and oxygen atoms in total. The summed E-state index contributed by atoms with van der Waals surface area (Å²) in [7, 11) is 1.55. The lowest BCUT2D eigenvalue weighted by atomic mass is 9.73. The summed E-state index contributed by atoms with van der Waals surface area (Å²) >= 11 is 0. The lowest BCUT2D eigenvalue weighted by Crippen LogP contribution is -2.49. The average molecular weight is 370 g/mol. The van der Waals surface area contributed by atoms with Crippen molar-refractivity contribution in [2.75, 3.05) is 7.11 Å². The number of hydrogen-bond donors (Lipinski definition) is 1. The molecule has 146 valence electrons. The minimum absolute atomic E-state index is 0.0405. The van der Waals surface area contributed by atoms with Crippen molar-refractivity contribution in [3.05, 3.63) is 23.8 Å². The molecular formula is C22H30N2O3. The molecule has 1 aliphatic heterocycles. The summed E-state index contributed by atoms with van der Waals surface area (Å²) in [6.45, 7) is 0. The van der Waals surface area contributed by atoms with Crippen LogP contribution in [0.4, 0.5) is 0 Å². The van der Waals surface area contributed by atoms with E-state index in [0.717, 1.165) is 49.8 Å². The predicted octanol–water partition coefficient (Wildman–Crippen LogP) is 4.48. The molecule has 2 fully saturated rings. The fourth-order valence-electron chi connectivity index (χ4n) is 5.05. The van der Waals surface area contributed by atoms with Gasteiger partial charge in [0.2, 0.25) is 5.91 Å². The van der Waals surface area contributed by atoms with Gasteiger partial charge in [-0.2, -0.15) is 5.10 Å². The molecule has 3 aliphatic rings. The summed E-state index contributed by atoms with van der Waals surface area (Å²) in [5, 5.41) is 17.0.